The van der Waals surface area contributed by atoms with Crippen molar-refractivity contribution in [2.24, 2.45) is 29.1 Å². The number of hydrazine groups is 1. The Bertz CT molecular complexity index is 2650. The highest BCUT2D eigenvalue weighted by molar-refractivity contribution is 5.96. The van der Waals surface area contributed by atoms with E-state index in [-0.39, 0.29) is 54.4 Å². The van der Waals surface area contributed by atoms with Crippen molar-refractivity contribution in [1.82, 2.24) is 35.1 Å². The number of benzene rings is 2. The number of amides is 4. The van der Waals surface area contributed by atoms with Crippen LogP contribution in [0, 0.1) is 29.1 Å². The second-order valence-electron chi connectivity index (χ2n) is 21.6. The van der Waals surface area contributed by atoms with Crippen LogP contribution in [0.1, 0.15) is 109 Å². The van der Waals surface area contributed by atoms with E-state index < -0.39 is 47.2 Å². The molecular formula is C55H71N7O8. The van der Waals surface area contributed by atoms with Gasteiger partial charge in [-0.3, -0.25) is 34.0 Å². The number of hydrogen-bond donors (Lipinski definition) is 3. The Hall–Kier alpha value is -5.80. The van der Waals surface area contributed by atoms with E-state index in [1.807, 2.05) is 36.9 Å². The fourth-order valence-corrected chi connectivity index (χ4v) is 11.8. The number of likely N-dealkylation sites (tertiary alicyclic amines) is 1. The molecule has 4 amide bonds. The molecule has 1 unspecified atom stereocenters. The van der Waals surface area contributed by atoms with Crippen LogP contribution in [-0.2, 0) is 52.8 Å². The maximum atomic E-state index is 15.0. The standard InChI is InChI=1S/C55H71N7O8/c1-8-61-46-20-19-37-27-41(46)42(49(61)40-15-11-21-56-47(40)33(3)69-7)28-55(4,5)31-70-54(68)44-16-12-22-62(58-44)53(67)45(25-34-23-38(37)26-39(63)24-34)57-50(64)48(35-13-9-10-14-35)59(6)52(66)43-30-60(29-32(43)2)51(65)36-17-18-36/h11,15,19-21,23-24,26-27,32-33,35-36,43-45,48,58,63H,8-10,12-14,16-18,22,25,28-31H2,1-7H3,(H,57,64)/t32-,33-,43+,44-,45-,48?/m0/s1. The van der Waals surface area contributed by atoms with Gasteiger partial charge in [-0.25, -0.2) is 5.43 Å². The van der Waals surface area contributed by atoms with Gasteiger partial charge in [0, 0.05) is 80.8 Å². The van der Waals surface area contributed by atoms with Crippen LogP contribution in [0.4, 0.5) is 0 Å². The topological polar surface area (TPSA) is 176 Å². The molecule has 2 aromatic heterocycles. The molecule has 6 atom stereocenters. The lowest BCUT2D eigenvalue weighted by Gasteiger charge is -2.37. The summed E-state index contributed by atoms with van der Waals surface area (Å²) in [6, 6.07) is 12.8. The predicted molar refractivity (Wildman–Crippen MR) is 266 cm³/mol. The summed E-state index contributed by atoms with van der Waals surface area (Å²) < 4.78 is 14.3. The molecule has 2 saturated heterocycles. The van der Waals surface area contributed by atoms with E-state index in [0.717, 1.165) is 83.1 Å². The molecule has 4 fully saturated rings. The maximum Gasteiger partial charge on any atom is 0.324 e. The first-order chi connectivity index (χ1) is 33.5. The second-order valence-corrected chi connectivity index (χ2v) is 21.6. The first-order valence-corrected chi connectivity index (χ1v) is 25.6. The van der Waals surface area contributed by atoms with Gasteiger partial charge in [0.05, 0.1) is 30.0 Å². The minimum atomic E-state index is -1.13. The van der Waals surface area contributed by atoms with Crippen molar-refractivity contribution in [2.45, 2.75) is 130 Å². The Morgan fingerprint density at radius 3 is 2.51 bits per heavy atom. The van der Waals surface area contributed by atoms with Gasteiger partial charge in [-0.1, -0.05) is 45.7 Å². The van der Waals surface area contributed by atoms with Gasteiger partial charge >= 0.3 is 5.97 Å². The molecule has 0 radical (unpaired) electrons. The smallest absolute Gasteiger partial charge is 0.324 e. The van der Waals surface area contributed by atoms with Crippen molar-refractivity contribution < 1.29 is 38.6 Å². The van der Waals surface area contributed by atoms with Crippen LogP contribution < -0.4 is 10.7 Å². The molecule has 4 aromatic rings. The summed E-state index contributed by atoms with van der Waals surface area (Å²) in [6.07, 6.45) is 8.20. The van der Waals surface area contributed by atoms with Gasteiger partial charge in [0.15, 0.2) is 0 Å². The molecule has 15 heteroatoms. The number of ether oxygens (including phenoxy) is 2. The number of hydrogen-bond acceptors (Lipinski definition) is 10. The number of aromatic hydroxyl groups is 1. The van der Waals surface area contributed by atoms with Gasteiger partial charge in [-0.15, -0.1) is 0 Å². The third-order valence-electron chi connectivity index (χ3n) is 15.7. The fraction of sp³-hybridized carbons (Fsp3) is 0.564. The molecule has 0 spiro atoms. The number of esters is 1. The lowest BCUT2D eigenvalue weighted by atomic mass is 9.84. The van der Waals surface area contributed by atoms with E-state index in [0.29, 0.717) is 51.0 Å². The highest BCUT2D eigenvalue weighted by Crippen LogP contribution is 2.43. The molecule has 6 bridgehead atoms. The van der Waals surface area contributed by atoms with Crippen molar-refractivity contribution in [2.75, 3.05) is 40.4 Å². The average Bonchev–Trinajstić information content (AvgIpc) is 3.79. The molecule has 2 aromatic carbocycles. The number of nitrogens with zero attached hydrogens (tertiary/aromatic N) is 5. The molecule has 70 heavy (non-hydrogen) atoms. The van der Waals surface area contributed by atoms with Crippen molar-refractivity contribution in [1.29, 1.82) is 0 Å². The van der Waals surface area contributed by atoms with E-state index in [1.54, 1.807) is 37.4 Å². The van der Waals surface area contributed by atoms with Gasteiger partial charge in [-0.2, -0.15) is 0 Å². The van der Waals surface area contributed by atoms with Crippen LogP contribution in [0.2, 0.25) is 0 Å². The lowest BCUT2D eigenvalue weighted by Crippen LogP contribution is -2.62. The van der Waals surface area contributed by atoms with Crippen LogP contribution in [0.15, 0.2) is 54.7 Å². The normalized spacial score (nSPS) is 24.0. The second kappa shape index (κ2) is 20.1. The van der Waals surface area contributed by atoms with Crippen LogP contribution in [0.5, 0.6) is 5.75 Å². The number of rotatable bonds is 10. The van der Waals surface area contributed by atoms with E-state index in [9.17, 15) is 24.3 Å². The first kappa shape index (κ1) is 49.2. The number of nitrogens with one attached hydrogen (secondary N) is 2. The van der Waals surface area contributed by atoms with Crippen LogP contribution in [0.25, 0.3) is 33.3 Å². The Morgan fingerprint density at radius 2 is 1.79 bits per heavy atom. The highest BCUT2D eigenvalue weighted by atomic mass is 16.5. The number of aryl methyl sites for hydroxylation is 1. The summed E-state index contributed by atoms with van der Waals surface area (Å²) in [5.74, 6) is -1.96. The summed E-state index contributed by atoms with van der Waals surface area (Å²) in [5.41, 5.74) is 9.70. The molecule has 2 saturated carbocycles. The number of pyridine rings is 1. The molecular weight excluding hydrogens is 887 g/mol. The van der Waals surface area contributed by atoms with Gasteiger partial charge in [-0.05, 0) is 129 Å². The van der Waals surface area contributed by atoms with Crippen LogP contribution >= 0.6 is 0 Å². The van der Waals surface area contributed by atoms with Gasteiger partial charge < -0.3 is 34.3 Å². The molecule has 9 rings (SSSR count). The third kappa shape index (κ3) is 9.93. The molecule has 5 heterocycles. The zero-order valence-electron chi connectivity index (χ0n) is 42.0. The quantitative estimate of drug-likeness (QED) is 0.141. The number of fused-ring (bicyclic) bond motifs is 6. The fourth-order valence-electron chi connectivity index (χ4n) is 11.8. The van der Waals surface area contributed by atoms with Crippen LogP contribution in [0.3, 0.4) is 0 Å². The number of aromatic nitrogens is 2. The average molecular weight is 958 g/mol. The predicted octanol–water partition coefficient (Wildman–Crippen LogP) is 6.97. The Balaban J connectivity index is 1.10. The number of cyclic esters (lactones) is 1. The molecule has 3 aliphatic heterocycles. The molecule has 374 valence electrons. The molecule has 2 aliphatic carbocycles. The van der Waals surface area contributed by atoms with Gasteiger partial charge in [0.25, 0.3) is 5.91 Å². The lowest BCUT2D eigenvalue weighted by molar-refractivity contribution is -0.155. The molecule has 5 aliphatic rings. The van der Waals surface area contributed by atoms with Gasteiger partial charge in [0.1, 0.15) is 23.9 Å². The zero-order valence-corrected chi connectivity index (χ0v) is 42.0. The van der Waals surface area contributed by atoms with Crippen molar-refractivity contribution >= 4 is 40.5 Å². The number of carbonyl (C=O) groups is 5. The van der Waals surface area contributed by atoms with Gasteiger partial charge in [0.2, 0.25) is 17.7 Å². The van der Waals surface area contributed by atoms with Crippen LogP contribution in [-0.4, -0.2) is 118 Å². The zero-order chi connectivity index (χ0) is 49.6. The van der Waals surface area contributed by atoms with Crippen molar-refractivity contribution in [3.8, 4) is 28.1 Å². The number of likely N-dealkylation sites (N-methyl/N-ethyl adjacent to an activating group) is 1. The molecule has 15 nitrogen and oxygen atoms in total. The van der Waals surface area contributed by atoms with E-state index in [4.69, 9.17) is 14.5 Å². The largest absolute Gasteiger partial charge is 0.508 e. The number of carbonyl (C=O) groups excluding carboxylic acids is 5. The Kier molecular flexibility index (Phi) is 14.1. The number of methoxy groups -OCH3 is 1. The summed E-state index contributed by atoms with van der Waals surface area (Å²) >= 11 is 0. The summed E-state index contributed by atoms with van der Waals surface area (Å²) in [4.78, 5) is 79.8. The highest BCUT2D eigenvalue weighted by Gasteiger charge is 2.46. The summed E-state index contributed by atoms with van der Waals surface area (Å²) in [7, 11) is 3.37. The monoisotopic (exact) mass is 958 g/mol. The minimum absolute atomic E-state index is 0.00854. The Labute approximate surface area is 411 Å². The summed E-state index contributed by atoms with van der Waals surface area (Å²) in [5, 5.41) is 17.0. The molecule has 3 N–H and O–H groups in total. The number of phenolic OH excluding ortho intramolecular Hbond substituents is 1. The van der Waals surface area contributed by atoms with E-state index >= 15 is 4.79 Å². The summed E-state index contributed by atoms with van der Waals surface area (Å²) in [6.45, 7) is 12.2. The van der Waals surface area contributed by atoms with E-state index in [2.05, 4.69) is 54.3 Å². The Morgan fingerprint density at radius 1 is 1.01 bits per heavy atom. The first-order valence-electron chi connectivity index (χ1n) is 25.6. The number of phenols is 1. The van der Waals surface area contributed by atoms with E-state index in [1.165, 1.54) is 5.01 Å². The van der Waals surface area contributed by atoms with Crippen molar-refractivity contribution in [3.05, 3.63) is 71.5 Å². The minimum Gasteiger partial charge on any atom is -0.508 e. The maximum absolute atomic E-state index is 15.0. The third-order valence-corrected chi connectivity index (χ3v) is 15.7. The SMILES string of the molecule is CCn1c(-c2cccnc2[C@H](C)OC)c2c3cc(ccc31)-c1cc(O)cc(c1)C[C@H](NC(=O)C(C1CCCC1)N(C)C(=O)[C@@H]1CN(C(=O)C3CC3)C[C@@H]1C)C(=O)N1CCC[C@H](N1)C(=O)OCC(C)(C)C2. The van der Waals surface area contributed by atoms with Crippen molar-refractivity contribution in [3.63, 3.8) is 0 Å².